The maximum atomic E-state index is 2.73. The van der Waals surface area contributed by atoms with Gasteiger partial charge in [0.05, 0.1) is 0 Å². The van der Waals surface area contributed by atoms with E-state index in [0.717, 1.165) is 0 Å². The van der Waals surface area contributed by atoms with Crippen molar-refractivity contribution in [2.75, 3.05) is 13.1 Å². The number of hydrogen-bond donors (Lipinski definition) is 0. The molecule has 0 amide bonds. The third-order valence-electron chi connectivity index (χ3n) is 11.1. The van der Waals surface area contributed by atoms with Crippen molar-refractivity contribution < 1.29 is 0 Å². The van der Waals surface area contributed by atoms with Crippen molar-refractivity contribution >= 4 is 0 Å². The van der Waals surface area contributed by atoms with Gasteiger partial charge in [-0.25, -0.2) is 0 Å². The SMILES string of the molecule is CCCCCCCCCCCCCCCCCCCN1C=CN(CCCCCCCCCCC)C1CCCCCCCCCCCC. The summed E-state index contributed by atoms with van der Waals surface area (Å²) in [5, 5.41) is 0. The minimum Gasteiger partial charge on any atom is -0.356 e. The molecule has 0 spiro atoms. The first-order valence-electron chi connectivity index (χ1n) is 22.5. The molecule has 0 N–H and O–H groups in total. The molecule has 0 aromatic carbocycles. The van der Waals surface area contributed by atoms with Crippen LogP contribution >= 0.6 is 0 Å². The number of unbranched alkanes of at least 4 members (excludes halogenated alkanes) is 33. The molecule has 2 heteroatoms. The summed E-state index contributed by atoms with van der Waals surface area (Å²) in [4.78, 5) is 5.45. The van der Waals surface area contributed by atoms with Crippen LogP contribution < -0.4 is 0 Å². The molecule has 1 atom stereocenters. The van der Waals surface area contributed by atoms with Gasteiger partial charge in [0.1, 0.15) is 6.17 Å². The minimum absolute atomic E-state index is 0.638. The van der Waals surface area contributed by atoms with Gasteiger partial charge in [-0.15, -0.1) is 0 Å². The summed E-state index contributed by atoms with van der Waals surface area (Å²) in [6.45, 7) is 9.49. The van der Waals surface area contributed by atoms with E-state index >= 15 is 0 Å². The Balaban J connectivity index is 2.16. The topological polar surface area (TPSA) is 6.48 Å². The van der Waals surface area contributed by atoms with Crippen molar-refractivity contribution in [2.45, 2.75) is 265 Å². The molecule has 1 aliphatic rings. The quantitative estimate of drug-likeness (QED) is 0.0606. The normalized spacial score (nSPS) is 14.7. The zero-order valence-electron chi connectivity index (χ0n) is 33.2. The molecule has 47 heavy (non-hydrogen) atoms. The largest absolute Gasteiger partial charge is 0.356 e. The van der Waals surface area contributed by atoms with Crippen LogP contribution in [0.3, 0.4) is 0 Å². The van der Waals surface area contributed by atoms with Crippen molar-refractivity contribution in [1.29, 1.82) is 0 Å². The van der Waals surface area contributed by atoms with Gasteiger partial charge in [0, 0.05) is 25.5 Å². The molecule has 0 aromatic heterocycles. The maximum absolute atomic E-state index is 2.73. The third-order valence-corrected chi connectivity index (χ3v) is 11.1. The fraction of sp³-hybridized carbons (Fsp3) is 0.956. The monoisotopic (exact) mass is 659 g/mol. The van der Waals surface area contributed by atoms with Crippen molar-refractivity contribution in [1.82, 2.24) is 9.80 Å². The van der Waals surface area contributed by atoms with E-state index in [0.29, 0.717) is 6.17 Å². The minimum atomic E-state index is 0.638. The van der Waals surface area contributed by atoms with Gasteiger partial charge in [-0.2, -0.15) is 0 Å². The van der Waals surface area contributed by atoms with Crippen molar-refractivity contribution in [3.8, 4) is 0 Å². The average molecular weight is 659 g/mol. The first kappa shape index (κ1) is 44.4. The second kappa shape index (κ2) is 36.6. The Morgan fingerprint density at radius 2 is 0.489 bits per heavy atom. The summed E-state index contributed by atoms with van der Waals surface area (Å²) in [6.07, 6.45) is 58.9. The Morgan fingerprint density at radius 3 is 0.745 bits per heavy atom. The van der Waals surface area contributed by atoms with Gasteiger partial charge in [0.25, 0.3) is 0 Å². The highest BCUT2D eigenvalue weighted by molar-refractivity contribution is 4.97. The lowest BCUT2D eigenvalue weighted by Crippen LogP contribution is -2.39. The van der Waals surface area contributed by atoms with E-state index < -0.39 is 0 Å². The molecular weight excluding hydrogens is 569 g/mol. The molecule has 1 rings (SSSR count). The average Bonchev–Trinajstić information content (AvgIpc) is 3.47. The summed E-state index contributed by atoms with van der Waals surface area (Å²) in [6, 6.07) is 0. The van der Waals surface area contributed by atoms with Crippen LogP contribution in [-0.2, 0) is 0 Å². The lowest BCUT2D eigenvalue weighted by atomic mass is 10.0. The van der Waals surface area contributed by atoms with E-state index in [1.54, 1.807) is 0 Å². The van der Waals surface area contributed by atoms with E-state index in [1.165, 1.54) is 251 Å². The van der Waals surface area contributed by atoms with Crippen molar-refractivity contribution in [3.05, 3.63) is 12.4 Å². The van der Waals surface area contributed by atoms with Crippen LogP contribution in [0.5, 0.6) is 0 Å². The maximum Gasteiger partial charge on any atom is 0.101 e. The second-order valence-corrected chi connectivity index (χ2v) is 15.7. The summed E-state index contributed by atoms with van der Waals surface area (Å²) >= 11 is 0. The molecule has 0 bridgehead atoms. The molecule has 1 unspecified atom stereocenters. The van der Waals surface area contributed by atoms with Crippen LogP contribution in [0.4, 0.5) is 0 Å². The van der Waals surface area contributed by atoms with Crippen LogP contribution in [0.1, 0.15) is 258 Å². The Hall–Kier alpha value is -0.660. The molecule has 2 nitrogen and oxygen atoms in total. The van der Waals surface area contributed by atoms with Crippen molar-refractivity contribution in [2.24, 2.45) is 0 Å². The predicted octanol–water partition coefficient (Wildman–Crippen LogP) is 15.9. The van der Waals surface area contributed by atoms with E-state index in [2.05, 4.69) is 43.0 Å². The highest BCUT2D eigenvalue weighted by Crippen LogP contribution is 2.24. The molecule has 0 radical (unpaired) electrons. The molecule has 280 valence electrons. The number of rotatable bonds is 39. The zero-order chi connectivity index (χ0) is 33.7. The smallest absolute Gasteiger partial charge is 0.101 e. The summed E-state index contributed by atoms with van der Waals surface area (Å²) in [7, 11) is 0. The summed E-state index contributed by atoms with van der Waals surface area (Å²) in [5.41, 5.74) is 0. The highest BCUT2D eigenvalue weighted by atomic mass is 15.4. The Bertz CT molecular complexity index is 615. The molecule has 1 aliphatic heterocycles. The highest BCUT2D eigenvalue weighted by Gasteiger charge is 2.24. The lowest BCUT2D eigenvalue weighted by molar-refractivity contribution is 0.135. The second-order valence-electron chi connectivity index (χ2n) is 15.7. The Kier molecular flexibility index (Phi) is 34.6. The Labute approximate surface area is 299 Å². The zero-order valence-corrected chi connectivity index (χ0v) is 33.2. The first-order chi connectivity index (χ1) is 23.3. The Morgan fingerprint density at radius 1 is 0.277 bits per heavy atom. The molecule has 0 aliphatic carbocycles. The van der Waals surface area contributed by atoms with Gasteiger partial charge < -0.3 is 9.80 Å². The lowest BCUT2D eigenvalue weighted by Gasteiger charge is -2.33. The van der Waals surface area contributed by atoms with E-state index in [-0.39, 0.29) is 0 Å². The van der Waals surface area contributed by atoms with Crippen LogP contribution in [0, 0.1) is 0 Å². The van der Waals surface area contributed by atoms with Gasteiger partial charge in [-0.05, 0) is 25.7 Å². The van der Waals surface area contributed by atoms with Crippen LogP contribution in [0.15, 0.2) is 12.4 Å². The van der Waals surface area contributed by atoms with Gasteiger partial charge in [0.2, 0.25) is 0 Å². The fourth-order valence-corrected chi connectivity index (χ4v) is 7.78. The standard InChI is InChI=1S/C45H90N2/c1-4-7-10-13-16-19-21-22-23-24-25-26-27-30-33-36-39-42-47-44-43-46(41-38-35-32-29-18-15-12-9-6-3)45(47)40-37-34-31-28-20-17-14-11-8-5-2/h43-45H,4-42H2,1-3H3. The molecule has 0 saturated carbocycles. The third kappa shape index (κ3) is 28.8. The number of nitrogens with zero attached hydrogens (tertiary/aromatic N) is 2. The molecular formula is C45H90N2. The first-order valence-corrected chi connectivity index (χ1v) is 22.5. The fourth-order valence-electron chi connectivity index (χ4n) is 7.78. The van der Waals surface area contributed by atoms with Gasteiger partial charge in [-0.1, -0.05) is 233 Å². The summed E-state index contributed by atoms with van der Waals surface area (Å²) in [5.74, 6) is 0. The molecule has 0 fully saturated rings. The van der Waals surface area contributed by atoms with Crippen LogP contribution in [-0.4, -0.2) is 29.1 Å². The predicted molar refractivity (Wildman–Crippen MR) is 214 cm³/mol. The van der Waals surface area contributed by atoms with Crippen molar-refractivity contribution in [3.63, 3.8) is 0 Å². The molecule has 1 heterocycles. The van der Waals surface area contributed by atoms with Gasteiger partial charge in [-0.3, -0.25) is 0 Å². The van der Waals surface area contributed by atoms with Gasteiger partial charge >= 0.3 is 0 Å². The van der Waals surface area contributed by atoms with Crippen LogP contribution in [0.2, 0.25) is 0 Å². The van der Waals surface area contributed by atoms with E-state index in [9.17, 15) is 0 Å². The van der Waals surface area contributed by atoms with Gasteiger partial charge in [0.15, 0.2) is 0 Å². The number of hydrogen-bond acceptors (Lipinski definition) is 2. The van der Waals surface area contributed by atoms with Crippen LogP contribution in [0.25, 0.3) is 0 Å². The molecule has 0 saturated heterocycles. The van der Waals surface area contributed by atoms with E-state index in [4.69, 9.17) is 0 Å². The molecule has 0 aromatic rings. The van der Waals surface area contributed by atoms with E-state index in [1.807, 2.05) is 0 Å². The summed E-state index contributed by atoms with van der Waals surface area (Å²) < 4.78 is 0.